The van der Waals surface area contributed by atoms with Gasteiger partial charge >= 0.3 is 0 Å². The maximum absolute atomic E-state index is 10.6. The number of hydrogen-bond acceptors (Lipinski definition) is 4. The lowest BCUT2D eigenvalue weighted by Crippen LogP contribution is -2.51. The van der Waals surface area contributed by atoms with Crippen molar-refractivity contribution in [2.45, 2.75) is 50.3 Å². The molecule has 1 aliphatic heterocycles. The van der Waals surface area contributed by atoms with Crippen LogP contribution in [0.15, 0.2) is 54.6 Å². The fourth-order valence-corrected chi connectivity index (χ4v) is 4.86. The molecule has 2 aromatic carbocycles. The summed E-state index contributed by atoms with van der Waals surface area (Å²) in [6.45, 7) is 4.02. The molecule has 152 valence electrons. The van der Waals surface area contributed by atoms with E-state index in [1.165, 1.54) is 32.1 Å². The van der Waals surface area contributed by atoms with E-state index in [9.17, 15) is 10.4 Å². The van der Waals surface area contributed by atoms with Crippen LogP contribution in [0.4, 0.5) is 0 Å². The van der Waals surface area contributed by atoms with E-state index in [4.69, 9.17) is 0 Å². The van der Waals surface area contributed by atoms with Gasteiger partial charge in [-0.25, -0.2) is 0 Å². The van der Waals surface area contributed by atoms with Gasteiger partial charge in [0.25, 0.3) is 0 Å². The summed E-state index contributed by atoms with van der Waals surface area (Å²) >= 11 is 0. The molecule has 4 heteroatoms. The number of nitrogens with zero attached hydrogens (tertiary/aromatic N) is 3. The first-order chi connectivity index (χ1) is 14.3. The number of piperazine rings is 1. The summed E-state index contributed by atoms with van der Waals surface area (Å²) < 4.78 is 0. The van der Waals surface area contributed by atoms with E-state index in [-0.39, 0.29) is 6.04 Å². The molecule has 0 radical (unpaired) electrons. The molecule has 0 aromatic heterocycles. The Kier molecular flexibility index (Phi) is 6.61. The lowest BCUT2D eigenvalue weighted by atomic mass is 9.93. The molecule has 2 fully saturated rings. The summed E-state index contributed by atoms with van der Waals surface area (Å²) in [6, 6.07) is 20.6. The van der Waals surface area contributed by atoms with Crippen molar-refractivity contribution in [3.8, 4) is 6.07 Å². The molecule has 1 N–H and O–H groups in total. The van der Waals surface area contributed by atoms with Crippen molar-refractivity contribution in [3.05, 3.63) is 71.3 Å². The van der Waals surface area contributed by atoms with Gasteiger partial charge in [-0.3, -0.25) is 9.80 Å². The maximum atomic E-state index is 10.6. The fraction of sp³-hybridized carbons (Fsp3) is 0.480. The lowest BCUT2D eigenvalue weighted by Gasteiger charge is -2.42. The molecule has 1 saturated carbocycles. The van der Waals surface area contributed by atoms with E-state index in [1.807, 2.05) is 54.6 Å². The van der Waals surface area contributed by atoms with Crippen molar-refractivity contribution in [2.75, 3.05) is 26.2 Å². The molecular formula is C25H31N3O. The van der Waals surface area contributed by atoms with Gasteiger partial charge in [0.15, 0.2) is 0 Å². The number of aliphatic hydroxyl groups excluding tert-OH is 1. The monoisotopic (exact) mass is 389 g/mol. The summed E-state index contributed by atoms with van der Waals surface area (Å²) in [4.78, 5) is 4.95. The van der Waals surface area contributed by atoms with Crippen LogP contribution in [-0.4, -0.2) is 47.1 Å². The minimum Gasteiger partial charge on any atom is -0.384 e. The highest BCUT2D eigenvalue weighted by Gasteiger charge is 2.29. The second-order valence-corrected chi connectivity index (χ2v) is 8.38. The topological polar surface area (TPSA) is 50.5 Å². The Bertz CT molecular complexity index is 800. The van der Waals surface area contributed by atoms with Gasteiger partial charge in [0.05, 0.1) is 6.07 Å². The zero-order valence-electron chi connectivity index (χ0n) is 17.1. The number of hydrogen-bond donors (Lipinski definition) is 1. The highest BCUT2D eigenvalue weighted by atomic mass is 16.3. The standard InChI is InChI=1S/C25H31N3O/c26-19-24(28-17-15-27(16-18-28)23-9-5-2-6-10-23)20-11-13-22(14-12-20)25(29)21-7-3-1-4-8-21/h1,3-4,7-8,11-14,23-25,29H,2,5-6,9-10,15-18H2. The van der Waals surface area contributed by atoms with E-state index in [0.29, 0.717) is 0 Å². The van der Waals surface area contributed by atoms with Gasteiger partial charge in [-0.2, -0.15) is 5.26 Å². The first kappa shape index (κ1) is 20.1. The zero-order valence-corrected chi connectivity index (χ0v) is 17.1. The van der Waals surface area contributed by atoms with E-state index < -0.39 is 6.10 Å². The maximum Gasteiger partial charge on any atom is 0.123 e. The summed E-state index contributed by atoms with van der Waals surface area (Å²) in [5.41, 5.74) is 2.76. The molecule has 4 nitrogen and oxygen atoms in total. The van der Waals surface area contributed by atoms with Gasteiger partial charge in [0.1, 0.15) is 12.1 Å². The number of benzene rings is 2. The van der Waals surface area contributed by atoms with Crippen molar-refractivity contribution in [1.82, 2.24) is 9.80 Å². The third-order valence-electron chi connectivity index (χ3n) is 6.61. The highest BCUT2D eigenvalue weighted by Crippen LogP contribution is 2.28. The Morgan fingerprint density at radius 1 is 0.793 bits per heavy atom. The van der Waals surface area contributed by atoms with Crippen LogP contribution in [0, 0.1) is 11.3 Å². The Hall–Kier alpha value is -2.19. The van der Waals surface area contributed by atoms with Crippen molar-refractivity contribution in [3.63, 3.8) is 0 Å². The molecule has 2 aliphatic rings. The number of rotatable bonds is 5. The predicted octanol–water partition coefficient (Wildman–Crippen LogP) is 4.28. The Labute approximate surface area is 174 Å². The van der Waals surface area contributed by atoms with Crippen LogP contribution in [0.25, 0.3) is 0 Å². The quantitative estimate of drug-likeness (QED) is 0.829. The average Bonchev–Trinajstić information content (AvgIpc) is 2.81. The van der Waals surface area contributed by atoms with Crippen LogP contribution in [0.1, 0.15) is 60.9 Å². The first-order valence-corrected chi connectivity index (χ1v) is 11.0. The van der Waals surface area contributed by atoms with Crippen LogP contribution in [0.2, 0.25) is 0 Å². The highest BCUT2D eigenvalue weighted by molar-refractivity contribution is 5.34. The number of aliphatic hydroxyl groups is 1. The van der Waals surface area contributed by atoms with Crippen LogP contribution < -0.4 is 0 Å². The molecule has 29 heavy (non-hydrogen) atoms. The second-order valence-electron chi connectivity index (χ2n) is 8.38. The smallest absolute Gasteiger partial charge is 0.123 e. The SMILES string of the molecule is N#CC(c1ccc(C(O)c2ccccc2)cc1)N1CCN(C2CCCCC2)CC1. The van der Waals surface area contributed by atoms with Crippen molar-refractivity contribution in [1.29, 1.82) is 5.26 Å². The average molecular weight is 390 g/mol. The molecule has 2 unspecified atom stereocenters. The molecule has 1 heterocycles. The van der Waals surface area contributed by atoms with Gasteiger partial charge in [0, 0.05) is 32.2 Å². The van der Waals surface area contributed by atoms with Gasteiger partial charge < -0.3 is 5.11 Å². The molecule has 0 amide bonds. The van der Waals surface area contributed by atoms with Crippen molar-refractivity contribution in [2.24, 2.45) is 0 Å². The molecule has 2 aromatic rings. The summed E-state index contributed by atoms with van der Waals surface area (Å²) in [5.74, 6) is 0. The lowest BCUT2D eigenvalue weighted by molar-refractivity contribution is 0.0676. The summed E-state index contributed by atoms with van der Waals surface area (Å²) in [5, 5.41) is 20.4. The molecule has 4 rings (SSSR count). The van der Waals surface area contributed by atoms with Gasteiger partial charge in [0.2, 0.25) is 0 Å². The Morgan fingerprint density at radius 2 is 1.38 bits per heavy atom. The van der Waals surface area contributed by atoms with E-state index in [2.05, 4.69) is 15.9 Å². The van der Waals surface area contributed by atoms with Gasteiger partial charge in [-0.1, -0.05) is 73.9 Å². The molecule has 0 bridgehead atoms. The van der Waals surface area contributed by atoms with E-state index >= 15 is 0 Å². The van der Waals surface area contributed by atoms with Crippen LogP contribution in [-0.2, 0) is 0 Å². The summed E-state index contributed by atoms with van der Waals surface area (Å²) in [6.07, 6.45) is 6.17. The van der Waals surface area contributed by atoms with Crippen molar-refractivity contribution < 1.29 is 5.11 Å². The molecular weight excluding hydrogens is 358 g/mol. The van der Waals surface area contributed by atoms with Crippen LogP contribution in [0.5, 0.6) is 0 Å². The Morgan fingerprint density at radius 3 is 2.00 bits per heavy atom. The minimum absolute atomic E-state index is 0.216. The van der Waals surface area contributed by atoms with E-state index in [0.717, 1.165) is 48.9 Å². The van der Waals surface area contributed by atoms with Crippen LogP contribution >= 0.6 is 0 Å². The second kappa shape index (κ2) is 9.54. The first-order valence-electron chi connectivity index (χ1n) is 11.0. The van der Waals surface area contributed by atoms with Gasteiger partial charge in [-0.05, 0) is 29.5 Å². The Balaban J connectivity index is 1.39. The minimum atomic E-state index is -0.634. The van der Waals surface area contributed by atoms with Crippen LogP contribution in [0.3, 0.4) is 0 Å². The number of nitriles is 1. The molecule has 1 saturated heterocycles. The third-order valence-corrected chi connectivity index (χ3v) is 6.61. The van der Waals surface area contributed by atoms with Crippen molar-refractivity contribution >= 4 is 0 Å². The largest absolute Gasteiger partial charge is 0.384 e. The summed E-state index contributed by atoms with van der Waals surface area (Å²) in [7, 11) is 0. The zero-order chi connectivity index (χ0) is 20.1. The fourth-order valence-electron chi connectivity index (χ4n) is 4.86. The normalized spacial score (nSPS) is 21.4. The molecule has 2 atom stereocenters. The third kappa shape index (κ3) is 4.70. The van der Waals surface area contributed by atoms with E-state index in [1.54, 1.807) is 0 Å². The molecule has 1 aliphatic carbocycles. The van der Waals surface area contributed by atoms with Gasteiger partial charge in [-0.15, -0.1) is 0 Å². The predicted molar refractivity (Wildman–Crippen MR) is 115 cm³/mol. The molecule has 0 spiro atoms.